The van der Waals surface area contributed by atoms with Crippen molar-refractivity contribution in [2.24, 2.45) is 5.16 Å². The maximum Gasteiger partial charge on any atom is 0.263 e. The molecule has 2 aromatic carbocycles. The Morgan fingerprint density at radius 1 is 1.10 bits per heavy atom. The molecule has 3 nitrogen and oxygen atoms in total. The minimum Gasteiger partial charge on any atom is -0.391 e. The van der Waals surface area contributed by atoms with Gasteiger partial charge in [0.1, 0.15) is 6.61 Å². The van der Waals surface area contributed by atoms with E-state index in [-0.39, 0.29) is 12.2 Å². The lowest BCUT2D eigenvalue weighted by atomic mass is 10.1. The van der Waals surface area contributed by atoms with Gasteiger partial charge in [0.05, 0.1) is 17.8 Å². The highest BCUT2D eigenvalue weighted by atomic mass is 19.3. The van der Waals surface area contributed by atoms with Gasteiger partial charge in [-0.2, -0.15) is 5.26 Å². The van der Waals surface area contributed by atoms with Crippen LogP contribution in [0.15, 0.2) is 53.7 Å². The number of hydrogen-bond donors (Lipinski definition) is 0. The van der Waals surface area contributed by atoms with Crippen LogP contribution in [-0.4, -0.2) is 6.21 Å². The number of halogens is 2. The average molecular weight is 286 g/mol. The van der Waals surface area contributed by atoms with Crippen LogP contribution in [0.3, 0.4) is 0 Å². The van der Waals surface area contributed by atoms with E-state index in [9.17, 15) is 8.78 Å². The fourth-order valence-corrected chi connectivity index (χ4v) is 1.61. The second-order valence-electron chi connectivity index (χ2n) is 4.28. The molecule has 0 aromatic heterocycles. The van der Waals surface area contributed by atoms with Crippen molar-refractivity contribution in [3.8, 4) is 6.07 Å². The Morgan fingerprint density at radius 2 is 1.76 bits per heavy atom. The fourth-order valence-electron chi connectivity index (χ4n) is 1.61. The molecule has 0 radical (unpaired) electrons. The second-order valence-corrected chi connectivity index (χ2v) is 4.28. The van der Waals surface area contributed by atoms with E-state index in [1.807, 2.05) is 6.07 Å². The Hall–Kier alpha value is -2.74. The van der Waals surface area contributed by atoms with Gasteiger partial charge >= 0.3 is 0 Å². The molecule has 5 heteroatoms. The standard InChI is InChI=1S/C16H12F2N2O/c17-16(18)15-7-5-14(6-8-15)11-21-20-10-13-3-1-12(9-19)2-4-13/h1-8,10,16H,11H2. The molecule has 0 amide bonds. The minimum absolute atomic E-state index is 0.0140. The molecule has 0 atom stereocenters. The van der Waals surface area contributed by atoms with Gasteiger partial charge in [0.25, 0.3) is 6.43 Å². The summed E-state index contributed by atoms with van der Waals surface area (Å²) >= 11 is 0. The highest BCUT2D eigenvalue weighted by Gasteiger charge is 2.05. The minimum atomic E-state index is -2.46. The lowest BCUT2D eigenvalue weighted by Crippen LogP contribution is -1.90. The smallest absolute Gasteiger partial charge is 0.263 e. The summed E-state index contributed by atoms with van der Waals surface area (Å²) in [6, 6.07) is 14.8. The van der Waals surface area contributed by atoms with Gasteiger partial charge in [0, 0.05) is 5.56 Å². The highest BCUT2D eigenvalue weighted by molar-refractivity contribution is 5.79. The van der Waals surface area contributed by atoms with Crippen molar-refractivity contribution in [3.63, 3.8) is 0 Å². The zero-order valence-electron chi connectivity index (χ0n) is 11.0. The van der Waals surface area contributed by atoms with Crippen LogP contribution >= 0.6 is 0 Å². The Morgan fingerprint density at radius 3 is 2.33 bits per heavy atom. The zero-order chi connectivity index (χ0) is 15.1. The van der Waals surface area contributed by atoms with Gasteiger partial charge in [-0.15, -0.1) is 0 Å². The number of nitrogens with zero attached hydrogens (tertiary/aromatic N) is 2. The zero-order valence-corrected chi connectivity index (χ0v) is 11.0. The van der Waals surface area contributed by atoms with E-state index in [2.05, 4.69) is 5.16 Å². The molecule has 0 heterocycles. The Balaban J connectivity index is 1.85. The third kappa shape index (κ3) is 4.39. The molecular formula is C16H12F2N2O. The maximum atomic E-state index is 12.4. The van der Waals surface area contributed by atoms with E-state index in [0.29, 0.717) is 5.56 Å². The summed E-state index contributed by atoms with van der Waals surface area (Å²) in [6.45, 7) is 0.205. The quantitative estimate of drug-likeness (QED) is 0.615. The van der Waals surface area contributed by atoms with Crippen LogP contribution in [0, 0.1) is 11.3 Å². The van der Waals surface area contributed by atoms with Crippen molar-refractivity contribution in [1.29, 1.82) is 5.26 Å². The number of oxime groups is 1. The first-order valence-corrected chi connectivity index (χ1v) is 6.21. The van der Waals surface area contributed by atoms with Crippen molar-refractivity contribution < 1.29 is 13.6 Å². The molecule has 0 aliphatic carbocycles. The van der Waals surface area contributed by atoms with Crippen LogP contribution in [0.2, 0.25) is 0 Å². The van der Waals surface area contributed by atoms with Gasteiger partial charge in [0.2, 0.25) is 0 Å². The van der Waals surface area contributed by atoms with Gasteiger partial charge in [-0.25, -0.2) is 8.78 Å². The lowest BCUT2D eigenvalue weighted by molar-refractivity contribution is 0.131. The van der Waals surface area contributed by atoms with E-state index in [1.54, 1.807) is 36.4 Å². The van der Waals surface area contributed by atoms with Crippen LogP contribution in [0.25, 0.3) is 0 Å². The highest BCUT2D eigenvalue weighted by Crippen LogP contribution is 2.18. The van der Waals surface area contributed by atoms with Crippen LogP contribution in [-0.2, 0) is 11.4 Å². The first-order chi connectivity index (χ1) is 10.2. The molecule has 0 N–H and O–H groups in total. The SMILES string of the molecule is N#Cc1ccc(C=NOCc2ccc(C(F)F)cc2)cc1. The van der Waals surface area contributed by atoms with E-state index in [4.69, 9.17) is 10.1 Å². The first kappa shape index (κ1) is 14.7. The van der Waals surface area contributed by atoms with E-state index in [0.717, 1.165) is 11.1 Å². The molecule has 0 bridgehead atoms. The summed E-state index contributed by atoms with van der Waals surface area (Å²) in [5.41, 5.74) is 2.13. The van der Waals surface area contributed by atoms with Crippen molar-refractivity contribution in [2.75, 3.05) is 0 Å². The van der Waals surface area contributed by atoms with Gasteiger partial charge in [0.15, 0.2) is 0 Å². The third-order valence-corrected chi connectivity index (χ3v) is 2.78. The molecule has 0 fully saturated rings. The van der Waals surface area contributed by atoms with E-state index in [1.165, 1.54) is 18.3 Å². The largest absolute Gasteiger partial charge is 0.391 e. The molecule has 106 valence electrons. The van der Waals surface area contributed by atoms with Crippen LogP contribution in [0.5, 0.6) is 0 Å². The summed E-state index contributed by atoms with van der Waals surface area (Å²) in [5, 5.41) is 12.5. The Kier molecular flexibility index (Phi) is 4.99. The van der Waals surface area contributed by atoms with Gasteiger partial charge < -0.3 is 4.84 Å². The average Bonchev–Trinajstić information content (AvgIpc) is 2.52. The fraction of sp³-hybridized carbons (Fsp3) is 0.125. The van der Waals surface area contributed by atoms with Crippen molar-refractivity contribution in [3.05, 3.63) is 70.8 Å². The van der Waals surface area contributed by atoms with Crippen molar-refractivity contribution >= 4 is 6.21 Å². The summed E-state index contributed by atoms with van der Waals surface area (Å²) in [7, 11) is 0. The Labute approximate surface area is 121 Å². The number of rotatable bonds is 5. The summed E-state index contributed by atoms with van der Waals surface area (Å²) < 4.78 is 24.7. The second kappa shape index (κ2) is 7.15. The Bertz CT molecular complexity index is 643. The van der Waals surface area contributed by atoms with Gasteiger partial charge in [-0.3, -0.25) is 0 Å². The monoisotopic (exact) mass is 286 g/mol. The van der Waals surface area contributed by atoms with E-state index >= 15 is 0 Å². The summed E-state index contributed by atoms with van der Waals surface area (Å²) in [6.07, 6.45) is -0.941. The molecule has 2 aromatic rings. The number of hydrogen-bond acceptors (Lipinski definition) is 3. The normalized spacial score (nSPS) is 10.8. The third-order valence-electron chi connectivity index (χ3n) is 2.78. The predicted octanol–water partition coefficient (Wildman–Crippen LogP) is 4.05. The molecule has 0 aliphatic rings. The number of nitriles is 1. The first-order valence-electron chi connectivity index (χ1n) is 6.21. The van der Waals surface area contributed by atoms with Gasteiger partial charge in [-0.05, 0) is 23.3 Å². The molecule has 0 saturated carbocycles. The van der Waals surface area contributed by atoms with Gasteiger partial charge in [-0.1, -0.05) is 41.6 Å². The summed E-state index contributed by atoms with van der Waals surface area (Å²) in [5.74, 6) is 0. The molecular weight excluding hydrogens is 274 g/mol. The van der Waals surface area contributed by atoms with Crippen LogP contribution in [0.1, 0.15) is 28.7 Å². The number of benzene rings is 2. The predicted molar refractivity (Wildman–Crippen MR) is 74.9 cm³/mol. The molecule has 2 rings (SSSR count). The van der Waals surface area contributed by atoms with Crippen molar-refractivity contribution in [2.45, 2.75) is 13.0 Å². The maximum absolute atomic E-state index is 12.4. The molecule has 0 spiro atoms. The molecule has 0 aliphatic heterocycles. The number of alkyl halides is 2. The molecule has 0 unspecified atom stereocenters. The molecule has 0 saturated heterocycles. The van der Waals surface area contributed by atoms with Crippen LogP contribution in [0.4, 0.5) is 8.78 Å². The van der Waals surface area contributed by atoms with Crippen molar-refractivity contribution in [1.82, 2.24) is 0 Å². The topological polar surface area (TPSA) is 45.4 Å². The van der Waals surface area contributed by atoms with Crippen LogP contribution < -0.4 is 0 Å². The van der Waals surface area contributed by atoms with E-state index < -0.39 is 6.43 Å². The molecule has 21 heavy (non-hydrogen) atoms. The summed E-state index contributed by atoms with van der Waals surface area (Å²) in [4.78, 5) is 5.10. The lowest BCUT2D eigenvalue weighted by Gasteiger charge is -2.02.